The van der Waals surface area contributed by atoms with Crippen LogP contribution in [0.15, 0.2) is 48.5 Å². The Hall–Kier alpha value is -7.92. The largest absolute Gasteiger partial charge is 0.416 e. The van der Waals surface area contributed by atoms with Crippen LogP contribution in [-0.4, -0.2) is 264 Å². The van der Waals surface area contributed by atoms with Crippen molar-refractivity contribution in [2.24, 2.45) is 17.8 Å². The lowest BCUT2D eigenvalue weighted by molar-refractivity contribution is -0.153. The topological polar surface area (TPSA) is 308 Å². The third-order valence-electron chi connectivity index (χ3n) is 18.0. The monoisotopic (exact) mass is 1420 g/mol. The van der Waals surface area contributed by atoms with E-state index in [1.165, 1.54) is 87.1 Å². The Morgan fingerprint density at radius 2 is 1.16 bits per heavy atom. The number of ether oxygens (including phenoxy) is 1. The molecule has 4 rings (SSSR count). The first-order valence-corrected chi connectivity index (χ1v) is 33.9. The van der Waals surface area contributed by atoms with Gasteiger partial charge in [0.15, 0.2) is 0 Å². The normalized spacial score (nSPS) is 23.8. The fourth-order valence-corrected chi connectivity index (χ4v) is 11.5. The zero-order chi connectivity index (χ0) is 74.7. The number of amides is 12. The molecule has 2 aliphatic rings. The fraction of sp³-hybridized carbons (Fsp3) is 0.652. The minimum Gasteiger partial charge on any atom is -0.388 e. The van der Waals surface area contributed by atoms with Crippen molar-refractivity contribution in [2.45, 2.75) is 180 Å². The highest BCUT2D eigenvalue weighted by Crippen LogP contribution is 2.30. The molecular formula is C69H104ClF3N12O14. The molecule has 0 bridgehead atoms. The smallest absolute Gasteiger partial charge is 0.388 e. The summed E-state index contributed by atoms with van der Waals surface area (Å²) in [7, 11) is 9.14. The van der Waals surface area contributed by atoms with Crippen LogP contribution in [0, 0.1) is 17.8 Å². The maximum atomic E-state index is 15.3. The van der Waals surface area contributed by atoms with Crippen molar-refractivity contribution in [1.29, 1.82) is 0 Å². The molecule has 0 radical (unpaired) electrons. The van der Waals surface area contributed by atoms with Gasteiger partial charge in [-0.15, -0.1) is 0 Å². The number of carbonyl (C=O) groups is 12. The molecule has 26 nitrogen and oxygen atoms in total. The quantitative estimate of drug-likeness (QED) is 0.161. The molecule has 9 atom stereocenters. The van der Waals surface area contributed by atoms with E-state index >= 15 is 9.59 Å². The lowest BCUT2D eigenvalue weighted by Crippen LogP contribution is -2.61. The summed E-state index contributed by atoms with van der Waals surface area (Å²) in [5.41, 5.74) is -1.52. The average Bonchev–Trinajstić information content (AvgIpc) is 0.996. The standard InChI is InChI=1S/C69H104ClF3N12O14/c1-17-43(6)59-67(97)80(12)37-57(88)78(10)38-58(89)82(14)53(34-46-22-27-48(70)28-23-46)65(95)79(11)36-55(86)74-49(29-24-45-20-25-47(26-21-45)69(71,72)73)61(91)75-50(32-41(2)3)63(93)84(16)54(39-99-40-68(8,9)98)66(96)83(15)52(33-42(4)5)62(92)76-51(64(94)85-30-18-19-31-85)35-56(87)81(13)44(7)60(90)77-59/h20-23,25-28,41-44,49-54,59,98H,17-19,24,29-40H2,1-16H3,(H,74,86)(H,75,91)(H,76,92)(H,77,90)/t43-,44-,49+,50+,51-,52-,53-,54-,59-/m0/s1. The number of benzene rings is 2. The first-order valence-electron chi connectivity index (χ1n) is 33.6. The molecule has 2 aromatic rings. The molecule has 30 heteroatoms. The van der Waals surface area contributed by atoms with Gasteiger partial charge in [0.2, 0.25) is 70.9 Å². The SMILES string of the molecule is CC[C@H](C)[C@@H]1NC(=O)[C@H](C)N(C)C(=O)C[C@@H](C(=O)N2CCCC2)NC(=O)[C@H](CC(C)C)N(C)C(=O)[C@H](COCC(C)(C)O)N(C)C(=O)[C@@H](CC(C)C)NC(=O)[C@@H](CCc2ccc(C(F)(F)F)cc2)NC(=O)CN(C)C(=O)[C@H](Cc2ccc(Cl)cc2)N(C)C(=O)CN(C)C(=O)CN(C)C1=O. The molecule has 5 N–H and O–H groups in total. The summed E-state index contributed by atoms with van der Waals surface area (Å²) in [5, 5.41) is 22.0. The molecule has 0 aliphatic carbocycles. The number of hydrogen-bond acceptors (Lipinski definition) is 14. The van der Waals surface area contributed by atoms with Crippen molar-refractivity contribution in [2.75, 3.05) is 95.3 Å². The van der Waals surface area contributed by atoms with Gasteiger partial charge in [0.1, 0.15) is 48.3 Å². The Bertz CT molecular complexity index is 3150. The van der Waals surface area contributed by atoms with Crippen molar-refractivity contribution in [3.8, 4) is 0 Å². The molecule has 0 unspecified atom stereocenters. The number of nitrogens with one attached hydrogen (secondary N) is 4. The van der Waals surface area contributed by atoms with Gasteiger partial charge < -0.3 is 70.3 Å². The molecule has 12 amide bonds. The number of aryl methyl sites for hydroxylation is 1. The van der Waals surface area contributed by atoms with E-state index in [0.29, 0.717) is 48.5 Å². The number of hydrogen-bond donors (Lipinski definition) is 5. The van der Waals surface area contributed by atoms with E-state index in [9.17, 15) is 66.2 Å². The molecule has 0 aromatic heterocycles. The van der Waals surface area contributed by atoms with E-state index in [0.717, 1.165) is 46.4 Å². The van der Waals surface area contributed by atoms with E-state index in [2.05, 4.69) is 21.3 Å². The Kier molecular flexibility index (Phi) is 31.6. The van der Waals surface area contributed by atoms with Gasteiger partial charge in [0.05, 0.1) is 50.4 Å². The minimum atomic E-state index is -4.67. The number of rotatable bonds is 16. The number of carbonyl (C=O) groups excluding carboxylic acids is 12. The summed E-state index contributed by atoms with van der Waals surface area (Å²) in [6, 6.07) is -0.883. The molecule has 2 saturated heterocycles. The van der Waals surface area contributed by atoms with E-state index in [-0.39, 0.29) is 50.5 Å². The van der Waals surface area contributed by atoms with Crippen LogP contribution in [0.5, 0.6) is 0 Å². The summed E-state index contributed by atoms with van der Waals surface area (Å²) >= 11 is 6.21. The van der Waals surface area contributed by atoms with Gasteiger partial charge in [-0.2, -0.15) is 13.2 Å². The summed E-state index contributed by atoms with van der Waals surface area (Å²) in [6.07, 6.45) is -4.28. The van der Waals surface area contributed by atoms with Gasteiger partial charge in [-0.05, 0) is 112 Å². The average molecular weight is 1420 g/mol. The Labute approximate surface area is 584 Å². The minimum absolute atomic E-state index is 0.0228. The van der Waals surface area contributed by atoms with Crippen LogP contribution in [0.2, 0.25) is 5.02 Å². The van der Waals surface area contributed by atoms with Crippen molar-refractivity contribution >= 4 is 82.5 Å². The first kappa shape index (κ1) is 83.5. The fourth-order valence-electron chi connectivity index (χ4n) is 11.4. The van der Waals surface area contributed by atoms with E-state index in [1.54, 1.807) is 65.8 Å². The Morgan fingerprint density at radius 1 is 0.606 bits per heavy atom. The maximum Gasteiger partial charge on any atom is 0.416 e. The number of aliphatic hydroxyl groups is 1. The highest BCUT2D eigenvalue weighted by Gasteiger charge is 2.42. The van der Waals surface area contributed by atoms with Gasteiger partial charge in [0.25, 0.3) is 0 Å². The summed E-state index contributed by atoms with van der Waals surface area (Å²) < 4.78 is 46.9. The molecular weight excluding hydrogens is 1310 g/mol. The number of halogens is 4. The van der Waals surface area contributed by atoms with Gasteiger partial charge in [0, 0.05) is 73.9 Å². The van der Waals surface area contributed by atoms with Crippen molar-refractivity contribution in [1.82, 2.24) is 60.5 Å². The molecule has 99 heavy (non-hydrogen) atoms. The van der Waals surface area contributed by atoms with E-state index in [4.69, 9.17) is 16.3 Å². The maximum absolute atomic E-state index is 15.3. The second-order valence-electron chi connectivity index (χ2n) is 27.8. The molecule has 2 fully saturated rings. The van der Waals surface area contributed by atoms with E-state index in [1.807, 2.05) is 0 Å². The summed E-state index contributed by atoms with van der Waals surface area (Å²) in [4.78, 5) is 184. The van der Waals surface area contributed by atoms with Crippen molar-refractivity contribution in [3.63, 3.8) is 0 Å². The van der Waals surface area contributed by atoms with Crippen LogP contribution in [0.3, 0.4) is 0 Å². The van der Waals surface area contributed by atoms with Gasteiger partial charge in [-0.3, -0.25) is 57.5 Å². The zero-order valence-electron chi connectivity index (χ0n) is 60.1. The third-order valence-corrected chi connectivity index (χ3v) is 18.2. The van der Waals surface area contributed by atoms with Crippen LogP contribution >= 0.6 is 11.6 Å². The second-order valence-corrected chi connectivity index (χ2v) is 28.2. The van der Waals surface area contributed by atoms with Crippen LogP contribution in [-0.2, 0) is 81.3 Å². The van der Waals surface area contributed by atoms with Crippen LogP contribution in [0.25, 0.3) is 0 Å². The lowest BCUT2D eigenvalue weighted by atomic mass is 9.97. The highest BCUT2D eigenvalue weighted by molar-refractivity contribution is 6.30. The third kappa shape index (κ3) is 25.0. The van der Waals surface area contributed by atoms with Crippen LogP contribution in [0.1, 0.15) is 124 Å². The molecule has 0 saturated carbocycles. The molecule has 2 aromatic carbocycles. The molecule has 552 valence electrons. The van der Waals surface area contributed by atoms with E-state index < -0.39 is 175 Å². The zero-order valence-corrected chi connectivity index (χ0v) is 60.9. The number of nitrogens with zero attached hydrogens (tertiary/aromatic N) is 8. The van der Waals surface area contributed by atoms with Crippen molar-refractivity contribution in [3.05, 3.63) is 70.2 Å². The number of likely N-dealkylation sites (tertiary alicyclic amines) is 1. The predicted molar refractivity (Wildman–Crippen MR) is 363 cm³/mol. The van der Waals surface area contributed by atoms with Gasteiger partial charge in [-0.25, -0.2) is 0 Å². The summed E-state index contributed by atoms with van der Waals surface area (Å²) in [6.45, 7) is 12.6. The Morgan fingerprint density at radius 3 is 1.72 bits per heavy atom. The second kappa shape index (κ2) is 37.5. The van der Waals surface area contributed by atoms with Crippen LogP contribution in [0.4, 0.5) is 13.2 Å². The first-order chi connectivity index (χ1) is 46.1. The lowest BCUT2D eigenvalue weighted by Gasteiger charge is -2.37. The van der Waals surface area contributed by atoms with Gasteiger partial charge >= 0.3 is 6.18 Å². The Balaban J connectivity index is 1.91. The molecule has 2 aliphatic heterocycles. The highest BCUT2D eigenvalue weighted by atomic mass is 35.5. The number of alkyl halides is 3. The van der Waals surface area contributed by atoms with Crippen molar-refractivity contribution < 1.29 is 80.5 Å². The van der Waals surface area contributed by atoms with Crippen LogP contribution < -0.4 is 21.3 Å². The molecule has 0 spiro atoms. The number of likely N-dealkylation sites (N-methyl/N-ethyl adjacent to an activating group) is 7. The van der Waals surface area contributed by atoms with Gasteiger partial charge in [-0.1, -0.05) is 83.8 Å². The summed E-state index contributed by atoms with van der Waals surface area (Å²) in [5.74, 6) is -10.7. The predicted octanol–water partition coefficient (Wildman–Crippen LogP) is 3.13. The molecule has 2 heterocycles.